The lowest BCUT2D eigenvalue weighted by Gasteiger charge is -2.23. The fraction of sp³-hybridized carbons (Fsp3) is 0.571. The normalized spacial score (nSPS) is 19.6. The summed E-state index contributed by atoms with van der Waals surface area (Å²) in [5, 5.41) is 9.17. The number of ether oxygens (including phenoxy) is 1. The van der Waals surface area contributed by atoms with Crippen LogP contribution in [-0.2, 0) is 4.74 Å². The fourth-order valence-electron chi connectivity index (χ4n) is 2.26. The van der Waals surface area contributed by atoms with E-state index in [1.165, 1.54) is 11.1 Å². The van der Waals surface area contributed by atoms with Crippen molar-refractivity contribution in [3.05, 3.63) is 35.4 Å². The van der Waals surface area contributed by atoms with Crippen LogP contribution in [0.3, 0.4) is 0 Å². The summed E-state index contributed by atoms with van der Waals surface area (Å²) < 4.78 is 5.38. The Bertz CT molecular complexity index is 329. The Morgan fingerprint density at radius 3 is 2.81 bits per heavy atom. The Kier molecular flexibility index (Phi) is 3.97. The van der Waals surface area contributed by atoms with Crippen LogP contribution in [0.25, 0.3) is 0 Å². The Balaban J connectivity index is 2.14. The van der Waals surface area contributed by atoms with Crippen molar-refractivity contribution >= 4 is 0 Å². The van der Waals surface area contributed by atoms with Crippen LogP contribution in [0.5, 0.6) is 0 Å². The molecule has 0 amide bonds. The predicted molar refractivity (Wildman–Crippen MR) is 64.7 cm³/mol. The largest absolute Gasteiger partial charge is 0.396 e. The zero-order chi connectivity index (χ0) is 11.4. The summed E-state index contributed by atoms with van der Waals surface area (Å²) in [7, 11) is 0. The first-order valence-electron chi connectivity index (χ1n) is 6.09. The summed E-state index contributed by atoms with van der Waals surface area (Å²) in [4.78, 5) is 0. The number of rotatable bonds is 3. The van der Waals surface area contributed by atoms with E-state index in [0.29, 0.717) is 5.92 Å². The highest BCUT2D eigenvalue weighted by molar-refractivity contribution is 5.29. The summed E-state index contributed by atoms with van der Waals surface area (Å²) in [5.74, 6) is 0.874. The molecule has 1 aromatic rings. The van der Waals surface area contributed by atoms with Gasteiger partial charge >= 0.3 is 0 Å². The summed E-state index contributed by atoms with van der Waals surface area (Å²) in [5.41, 5.74) is 2.65. The lowest BCUT2D eigenvalue weighted by Crippen LogP contribution is -2.14. The average molecular weight is 220 g/mol. The number of hydrogen-bond donors (Lipinski definition) is 1. The van der Waals surface area contributed by atoms with E-state index in [4.69, 9.17) is 9.84 Å². The summed E-state index contributed by atoms with van der Waals surface area (Å²) in [6.07, 6.45) is 2.24. The molecule has 2 nitrogen and oxygen atoms in total. The van der Waals surface area contributed by atoms with Crippen molar-refractivity contribution in [2.45, 2.75) is 31.6 Å². The molecular weight excluding hydrogens is 200 g/mol. The van der Waals surface area contributed by atoms with Crippen LogP contribution in [0.1, 0.15) is 42.7 Å². The minimum absolute atomic E-state index is 0.219. The third-order valence-corrected chi connectivity index (χ3v) is 3.45. The van der Waals surface area contributed by atoms with Crippen molar-refractivity contribution in [2.24, 2.45) is 0 Å². The molecule has 2 heteroatoms. The van der Waals surface area contributed by atoms with E-state index < -0.39 is 0 Å². The Hall–Kier alpha value is -0.860. The maximum Gasteiger partial charge on any atom is 0.0497 e. The number of hydrogen-bond acceptors (Lipinski definition) is 2. The fourth-order valence-corrected chi connectivity index (χ4v) is 2.26. The second kappa shape index (κ2) is 5.46. The molecule has 2 rings (SSSR count). The zero-order valence-corrected chi connectivity index (χ0v) is 9.86. The van der Waals surface area contributed by atoms with Crippen LogP contribution in [-0.4, -0.2) is 24.9 Å². The molecule has 1 heterocycles. The van der Waals surface area contributed by atoms with Gasteiger partial charge in [-0.3, -0.25) is 0 Å². The van der Waals surface area contributed by atoms with E-state index in [2.05, 4.69) is 31.2 Å². The Morgan fingerprint density at radius 2 is 2.12 bits per heavy atom. The number of aliphatic hydroxyl groups excluding tert-OH is 1. The molecule has 1 saturated heterocycles. The van der Waals surface area contributed by atoms with Crippen LogP contribution in [0.15, 0.2) is 24.3 Å². The van der Waals surface area contributed by atoms with Crippen LogP contribution < -0.4 is 0 Å². The van der Waals surface area contributed by atoms with Crippen molar-refractivity contribution < 1.29 is 9.84 Å². The van der Waals surface area contributed by atoms with Crippen molar-refractivity contribution in [3.63, 3.8) is 0 Å². The van der Waals surface area contributed by atoms with Gasteiger partial charge in [0, 0.05) is 25.7 Å². The maximum atomic E-state index is 9.17. The molecule has 0 radical (unpaired) electrons. The van der Waals surface area contributed by atoms with Crippen LogP contribution in [0.2, 0.25) is 0 Å². The molecule has 1 aliphatic heterocycles. The quantitative estimate of drug-likeness (QED) is 0.848. The lowest BCUT2D eigenvalue weighted by molar-refractivity contribution is 0.0853. The molecule has 88 valence electrons. The van der Waals surface area contributed by atoms with E-state index in [0.717, 1.165) is 26.1 Å². The van der Waals surface area contributed by atoms with Crippen molar-refractivity contribution in [1.29, 1.82) is 0 Å². The molecule has 0 saturated carbocycles. The molecule has 1 unspecified atom stereocenters. The SMILES string of the molecule is CC(CO)c1cccc(C2CCOCC2)c1. The number of benzene rings is 1. The van der Waals surface area contributed by atoms with Gasteiger partial charge in [0.15, 0.2) is 0 Å². The smallest absolute Gasteiger partial charge is 0.0497 e. The van der Waals surface area contributed by atoms with Crippen LogP contribution in [0, 0.1) is 0 Å². The second-order valence-corrected chi connectivity index (χ2v) is 4.64. The monoisotopic (exact) mass is 220 g/mol. The van der Waals surface area contributed by atoms with Crippen molar-refractivity contribution in [1.82, 2.24) is 0 Å². The minimum atomic E-state index is 0.219. The molecule has 1 aromatic carbocycles. The average Bonchev–Trinajstić information content (AvgIpc) is 2.39. The van der Waals surface area contributed by atoms with Crippen molar-refractivity contribution in [3.8, 4) is 0 Å². The maximum absolute atomic E-state index is 9.17. The molecule has 0 spiro atoms. The van der Waals surface area contributed by atoms with Gasteiger partial charge < -0.3 is 9.84 Å². The standard InChI is InChI=1S/C14H20O2/c1-11(10-15)13-3-2-4-14(9-13)12-5-7-16-8-6-12/h2-4,9,11-12,15H,5-8,10H2,1H3. The molecule has 0 aliphatic carbocycles. The van der Waals surface area contributed by atoms with Gasteiger partial charge in [-0.1, -0.05) is 31.2 Å². The van der Waals surface area contributed by atoms with Gasteiger partial charge in [-0.05, 0) is 29.9 Å². The van der Waals surface area contributed by atoms with Gasteiger partial charge in [-0.2, -0.15) is 0 Å². The number of aliphatic hydroxyl groups is 1. The first-order valence-corrected chi connectivity index (χ1v) is 6.09. The van der Waals surface area contributed by atoms with E-state index in [9.17, 15) is 0 Å². The first-order chi connectivity index (χ1) is 7.81. The summed E-state index contributed by atoms with van der Waals surface area (Å²) in [6, 6.07) is 8.65. The van der Waals surface area contributed by atoms with E-state index >= 15 is 0 Å². The van der Waals surface area contributed by atoms with Gasteiger partial charge in [0.25, 0.3) is 0 Å². The zero-order valence-electron chi connectivity index (χ0n) is 9.86. The Labute approximate surface area is 97.3 Å². The molecule has 1 fully saturated rings. The topological polar surface area (TPSA) is 29.5 Å². The molecule has 16 heavy (non-hydrogen) atoms. The highest BCUT2D eigenvalue weighted by Gasteiger charge is 2.16. The molecule has 1 N–H and O–H groups in total. The third-order valence-electron chi connectivity index (χ3n) is 3.45. The van der Waals surface area contributed by atoms with Gasteiger partial charge in [-0.25, -0.2) is 0 Å². The lowest BCUT2D eigenvalue weighted by atomic mass is 9.89. The van der Waals surface area contributed by atoms with Gasteiger partial charge in [0.1, 0.15) is 0 Å². The van der Waals surface area contributed by atoms with E-state index in [1.54, 1.807) is 0 Å². The molecule has 0 aromatic heterocycles. The second-order valence-electron chi connectivity index (χ2n) is 4.64. The predicted octanol–water partition coefficient (Wildman–Crippen LogP) is 2.68. The summed E-state index contributed by atoms with van der Waals surface area (Å²) in [6.45, 7) is 4.04. The summed E-state index contributed by atoms with van der Waals surface area (Å²) >= 11 is 0. The molecule has 0 bridgehead atoms. The van der Waals surface area contributed by atoms with Gasteiger partial charge in [0.2, 0.25) is 0 Å². The molecule has 1 aliphatic rings. The van der Waals surface area contributed by atoms with Gasteiger partial charge in [-0.15, -0.1) is 0 Å². The van der Waals surface area contributed by atoms with Crippen LogP contribution >= 0.6 is 0 Å². The minimum Gasteiger partial charge on any atom is -0.396 e. The van der Waals surface area contributed by atoms with Crippen molar-refractivity contribution in [2.75, 3.05) is 19.8 Å². The Morgan fingerprint density at radius 1 is 1.38 bits per heavy atom. The first kappa shape index (κ1) is 11.6. The van der Waals surface area contributed by atoms with Crippen LogP contribution in [0.4, 0.5) is 0 Å². The highest BCUT2D eigenvalue weighted by atomic mass is 16.5. The van der Waals surface area contributed by atoms with E-state index in [1.807, 2.05) is 0 Å². The molecule has 1 atom stereocenters. The highest BCUT2D eigenvalue weighted by Crippen LogP contribution is 2.28. The van der Waals surface area contributed by atoms with E-state index in [-0.39, 0.29) is 12.5 Å². The third kappa shape index (κ3) is 2.63. The molecular formula is C14H20O2. The van der Waals surface area contributed by atoms with Gasteiger partial charge in [0.05, 0.1) is 0 Å².